The standard InChI is InChI=1S/C19H25N3O2/c1-2-15-8-9-18(20-15)19(24)21-16-6-4-10-22(13-16)12-14-5-3-7-17(23)11-14/h3,5,7-9,11,16,20,23H,2,4,6,10,12-13H2,1H3,(H,21,24)/t16-/m0/s1. The summed E-state index contributed by atoms with van der Waals surface area (Å²) < 4.78 is 0. The second-order valence-electron chi connectivity index (χ2n) is 6.47. The molecular formula is C19H25N3O2. The van der Waals surface area contributed by atoms with Crippen molar-refractivity contribution in [2.75, 3.05) is 13.1 Å². The Morgan fingerprint density at radius 1 is 1.38 bits per heavy atom. The number of hydrogen-bond donors (Lipinski definition) is 3. The lowest BCUT2D eigenvalue weighted by Gasteiger charge is -2.33. The fourth-order valence-electron chi connectivity index (χ4n) is 3.27. The first kappa shape index (κ1) is 16.6. The molecule has 0 aliphatic carbocycles. The Balaban J connectivity index is 1.56. The van der Waals surface area contributed by atoms with Crippen LogP contribution in [0.2, 0.25) is 0 Å². The van der Waals surface area contributed by atoms with E-state index in [-0.39, 0.29) is 11.9 Å². The van der Waals surface area contributed by atoms with Crippen LogP contribution in [0.1, 0.15) is 41.5 Å². The van der Waals surface area contributed by atoms with Crippen molar-refractivity contribution in [1.82, 2.24) is 15.2 Å². The fraction of sp³-hybridized carbons (Fsp3) is 0.421. The number of aryl methyl sites for hydroxylation is 1. The minimum Gasteiger partial charge on any atom is -0.508 e. The van der Waals surface area contributed by atoms with Crippen molar-refractivity contribution in [2.24, 2.45) is 0 Å². The van der Waals surface area contributed by atoms with Crippen LogP contribution < -0.4 is 5.32 Å². The summed E-state index contributed by atoms with van der Waals surface area (Å²) in [5.74, 6) is 0.270. The van der Waals surface area contributed by atoms with Crippen molar-refractivity contribution < 1.29 is 9.90 Å². The summed E-state index contributed by atoms with van der Waals surface area (Å²) >= 11 is 0. The molecule has 1 aromatic heterocycles. The van der Waals surface area contributed by atoms with Gasteiger partial charge in [-0.05, 0) is 55.6 Å². The highest BCUT2D eigenvalue weighted by Gasteiger charge is 2.22. The molecule has 0 bridgehead atoms. The number of hydrogen-bond acceptors (Lipinski definition) is 3. The van der Waals surface area contributed by atoms with Gasteiger partial charge in [-0.1, -0.05) is 19.1 Å². The zero-order valence-electron chi connectivity index (χ0n) is 14.1. The van der Waals surface area contributed by atoms with E-state index < -0.39 is 0 Å². The van der Waals surface area contributed by atoms with Crippen LogP contribution in [0.15, 0.2) is 36.4 Å². The number of nitrogens with zero attached hydrogens (tertiary/aromatic N) is 1. The van der Waals surface area contributed by atoms with Gasteiger partial charge in [-0.15, -0.1) is 0 Å². The molecule has 0 spiro atoms. The maximum absolute atomic E-state index is 12.4. The van der Waals surface area contributed by atoms with Gasteiger partial charge in [0, 0.05) is 24.8 Å². The molecule has 24 heavy (non-hydrogen) atoms. The highest BCUT2D eigenvalue weighted by Crippen LogP contribution is 2.17. The SMILES string of the molecule is CCc1ccc(C(=O)N[C@H]2CCCN(Cc3cccc(O)c3)C2)[nH]1. The van der Waals surface area contributed by atoms with Crippen molar-refractivity contribution in [2.45, 2.75) is 38.8 Å². The number of carbonyl (C=O) groups is 1. The first-order valence-corrected chi connectivity index (χ1v) is 8.63. The van der Waals surface area contributed by atoms with E-state index in [4.69, 9.17) is 0 Å². The van der Waals surface area contributed by atoms with Crippen LogP contribution in [-0.2, 0) is 13.0 Å². The van der Waals surface area contributed by atoms with E-state index in [0.717, 1.165) is 50.2 Å². The van der Waals surface area contributed by atoms with Crippen LogP contribution >= 0.6 is 0 Å². The maximum atomic E-state index is 12.4. The van der Waals surface area contributed by atoms with Gasteiger partial charge in [0.2, 0.25) is 0 Å². The molecule has 3 N–H and O–H groups in total. The molecule has 1 amide bonds. The number of piperidine rings is 1. The summed E-state index contributed by atoms with van der Waals surface area (Å²) in [6.45, 7) is 4.71. The third-order valence-corrected chi connectivity index (χ3v) is 4.53. The molecule has 5 nitrogen and oxygen atoms in total. The van der Waals surface area contributed by atoms with Crippen LogP contribution in [0.25, 0.3) is 0 Å². The topological polar surface area (TPSA) is 68.4 Å². The third-order valence-electron chi connectivity index (χ3n) is 4.53. The van der Waals surface area contributed by atoms with Gasteiger partial charge in [0.1, 0.15) is 11.4 Å². The molecule has 128 valence electrons. The van der Waals surface area contributed by atoms with Crippen molar-refractivity contribution in [3.63, 3.8) is 0 Å². The Hall–Kier alpha value is -2.27. The van der Waals surface area contributed by atoms with E-state index in [1.54, 1.807) is 12.1 Å². The zero-order valence-corrected chi connectivity index (χ0v) is 14.1. The number of carbonyl (C=O) groups excluding carboxylic acids is 1. The quantitative estimate of drug-likeness (QED) is 0.791. The van der Waals surface area contributed by atoms with Crippen molar-refractivity contribution in [3.05, 3.63) is 53.3 Å². The van der Waals surface area contributed by atoms with E-state index in [9.17, 15) is 9.90 Å². The smallest absolute Gasteiger partial charge is 0.267 e. The van der Waals surface area contributed by atoms with E-state index in [1.165, 1.54) is 0 Å². The third kappa shape index (κ3) is 4.17. The number of aromatic hydroxyl groups is 1. The molecule has 0 unspecified atom stereocenters. The molecule has 3 rings (SSSR count). The predicted molar refractivity (Wildman–Crippen MR) is 94.0 cm³/mol. The number of likely N-dealkylation sites (tertiary alicyclic amines) is 1. The number of rotatable bonds is 5. The van der Waals surface area contributed by atoms with Crippen molar-refractivity contribution in [3.8, 4) is 5.75 Å². The summed E-state index contributed by atoms with van der Waals surface area (Å²) in [5, 5.41) is 12.7. The summed E-state index contributed by atoms with van der Waals surface area (Å²) in [5.41, 5.74) is 2.81. The number of aromatic nitrogens is 1. The Morgan fingerprint density at radius 2 is 2.25 bits per heavy atom. The number of phenolic OH excluding ortho intramolecular Hbond substituents is 1. The van der Waals surface area contributed by atoms with E-state index >= 15 is 0 Å². The predicted octanol–water partition coefficient (Wildman–Crippen LogP) is 2.68. The summed E-state index contributed by atoms with van der Waals surface area (Å²) in [6, 6.07) is 11.3. The number of aromatic amines is 1. The fourth-order valence-corrected chi connectivity index (χ4v) is 3.27. The Morgan fingerprint density at radius 3 is 3.00 bits per heavy atom. The van der Waals surface area contributed by atoms with Crippen molar-refractivity contribution >= 4 is 5.91 Å². The van der Waals surface area contributed by atoms with Gasteiger partial charge in [-0.2, -0.15) is 0 Å². The lowest BCUT2D eigenvalue weighted by atomic mass is 10.0. The Labute approximate surface area is 142 Å². The van der Waals surface area contributed by atoms with Gasteiger partial charge in [-0.3, -0.25) is 9.69 Å². The summed E-state index contributed by atoms with van der Waals surface area (Å²) in [6.07, 6.45) is 2.97. The second-order valence-corrected chi connectivity index (χ2v) is 6.47. The van der Waals surface area contributed by atoms with Crippen LogP contribution in [0.4, 0.5) is 0 Å². The van der Waals surface area contributed by atoms with E-state index in [1.807, 2.05) is 24.3 Å². The molecule has 5 heteroatoms. The Bertz CT molecular complexity index is 695. The van der Waals surface area contributed by atoms with Crippen LogP contribution in [-0.4, -0.2) is 40.0 Å². The number of H-pyrrole nitrogens is 1. The largest absolute Gasteiger partial charge is 0.508 e. The van der Waals surface area contributed by atoms with Gasteiger partial charge in [0.15, 0.2) is 0 Å². The Kier molecular flexibility index (Phi) is 5.20. The van der Waals surface area contributed by atoms with Gasteiger partial charge in [-0.25, -0.2) is 0 Å². The van der Waals surface area contributed by atoms with Gasteiger partial charge in [0.05, 0.1) is 0 Å². The van der Waals surface area contributed by atoms with Gasteiger partial charge < -0.3 is 15.4 Å². The number of benzene rings is 1. The molecular weight excluding hydrogens is 302 g/mol. The normalized spacial score (nSPS) is 18.5. The first-order valence-electron chi connectivity index (χ1n) is 8.63. The van der Waals surface area contributed by atoms with Crippen LogP contribution in [0.5, 0.6) is 5.75 Å². The minimum absolute atomic E-state index is 0.0288. The molecule has 0 radical (unpaired) electrons. The number of amides is 1. The second kappa shape index (κ2) is 7.53. The molecule has 1 saturated heterocycles. The summed E-state index contributed by atoms with van der Waals surface area (Å²) in [7, 11) is 0. The highest BCUT2D eigenvalue weighted by molar-refractivity contribution is 5.92. The number of phenols is 1. The van der Waals surface area contributed by atoms with E-state index in [0.29, 0.717) is 11.4 Å². The van der Waals surface area contributed by atoms with E-state index in [2.05, 4.69) is 22.1 Å². The molecule has 0 saturated carbocycles. The molecule has 1 aliphatic rings. The molecule has 1 aliphatic heterocycles. The van der Waals surface area contributed by atoms with Crippen LogP contribution in [0.3, 0.4) is 0 Å². The van der Waals surface area contributed by atoms with Crippen molar-refractivity contribution in [1.29, 1.82) is 0 Å². The average molecular weight is 327 g/mol. The monoisotopic (exact) mass is 327 g/mol. The van der Waals surface area contributed by atoms with Gasteiger partial charge >= 0.3 is 0 Å². The number of nitrogens with one attached hydrogen (secondary N) is 2. The molecule has 2 aromatic rings. The zero-order chi connectivity index (χ0) is 16.9. The average Bonchev–Trinajstić information content (AvgIpc) is 3.04. The lowest BCUT2D eigenvalue weighted by molar-refractivity contribution is 0.0896. The van der Waals surface area contributed by atoms with Crippen LogP contribution in [0, 0.1) is 0 Å². The first-order chi connectivity index (χ1) is 11.6. The maximum Gasteiger partial charge on any atom is 0.267 e. The molecule has 1 fully saturated rings. The highest BCUT2D eigenvalue weighted by atomic mass is 16.3. The molecule has 1 atom stereocenters. The lowest BCUT2D eigenvalue weighted by Crippen LogP contribution is -2.47. The molecule has 1 aromatic carbocycles. The molecule has 2 heterocycles. The minimum atomic E-state index is -0.0288. The summed E-state index contributed by atoms with van der Waals surface area (Å²) in [4.78, 5) is 17.8. The van der Waals surface area contributed by atoms with Gasteiger partial charge in [0.25, 0.3) is 5.91 Å².